The van der Waals surface area contributed by atoms with Crippen LogP contribution in [0.15, 0.2) is 29.1 Å². The van der Waals surface area contributed by atoms with Crippen LogP contribution in [-0.2, 0) is 17.8 Å². The van der Waals surface area contributed by atoms with E-state index in [1.807, 2.05) is 28.6 Å². The van der Waals surface area contributed by atoms with E-state index in [1.54, 1.807) is 11.3 Å². The first-order valence-corrected chi connectivity index (χ1v) is 8.98. The van der Waals surface area contributed by atoms with E-state index >= 15 is 0 Å². The molecule has 2 aromatic rings. The Balaban J connectivity index is 1.30. The second kappa shape index (κ2) is 6.78. The molecule has 0 spiro atoms. The molecule has 1 amide bonds. The van der Waals surface area contributed by atoms with Gasteiger partial charge >= 0.3 is 0 Å². The number of amides is 1. The number of ether oxygens (including phenoxy) is 2. The number of nitrogens with zero attached hydrogens (tertiary/aromatic N) is 3. The largest absolute Gasteiger partial charge is 0.454 e. The number of fused-ring (bicyclic) bond motifs is 1. The van der Waals surface area contributed by atoms with Crippen molar-refractivity contribution < 1.29 is 14.3 Å². The number of hydrogen-bond acceptors (Lipinski definition) is 6. The number of carbonyl (C=O) groups excluding carboxylic acids is 1. The van der Waals surface area contributed by atoms with Crippen molar-refractivity contribution in [2.45, 2.75) is 13.0 Å². The van der Waals surface area contributed by atoms with Gasteiger partial charge in [0.25, 0.3) is 0 Å². The summed E-state index contributed by atoms with van der Waals surface area (Å²) in [5.74, 6) is 1.65. The van der Waals surface area contributed by atoms with Gasteiger partial charge in [0.05, 0.1) is 17.6 Å². The Hall–Kier alpha value is -2.12. The average Bonchev–Trinajstić information content (AvgIpc) is 3.26. The average molecular weight is 345 g/mol. The maximum atomic E-state index is 12.5. The van der Waals surface area contributed by atoms with Crippen molar-refractivity contribution >= 4 is 17.2 Å². The first-order chi connectivity index (χ1) is 11.8. The molecule has 3 heterocycles. The van der Waals surface area contributed by atoms with Crippen LogP contribution in [0.4, 0.5) is 0 Å². The topological polar surface area (TPSA) is 54.9 Å². The molecule has 0 unspecified atom stereocenters. The quantitative estimate of drug-likeness (QED) is 0.845. The Kier molecular flexibility index (Phi) is 4.36. The Labute approximate surface area is 144 Å². The highest BCUT2D eigenvalue weighted by Gasteiger charge is 2.22. The summed E-state index contributed by atoms with van der Waals surface area (Å²) in [5.41, 5.74) is 3.94. The predicted molar refractivity (Wildman–Crippen MR) is 90.2 cm³/mol. The molecule has 1 aromatic carbocycles. The fourth-order valence-electron chi connectivity index (χ4n) is 3.04. The van der Waals surface area contributed by atoms with Crippen LogP contribution < -0.4 is 9.47 Å². The molecule has 0 atom stereocenters. The third-order valence-electron chi connectivity index (χ3n) is 4.39. The van der Waals surface area contributed by atoms with Gasteiger partial charge in [-0.3, -0.25) is 9.69 Å². The van der Waals surface area contributed by atoms with E-state index in [-0.39, 0.29) is 12.7 Å². The first kappa shape index (κ1) is 15.4. The van der Waals surface area contributed by atoms with Crippen molar-refractivity contribution in [1.82, 2.24) is 14.8 Å². The van der Waals surface area contributed by atoms with Gasteiger partial charge < -0.3 is 14.4 Å². The summed E-state index contributed by atoms with van der Waals surface area (Å²) in [4.78, 5) is 21.1. The lowest BCUT2D eigenvalue weighted by Crippen LogP contribution is -2.48. The van der Waals surface area contributed by atoms with Gasteiger partial charge in [-0.15, -0.1) is 11.3 Å². The zero-order chi connectivity index (χ0) is 16.4. The Morgan fingerprint density at radius 1 is 1.17 bits per heavy atom. The van der Waals surface area contributed by atoms with E-state index in [9.17, 15) is 4.79 Å². The van der Waals surface area contributed by atoms with Crippen molar-refractivity contribution in [3.63, 3.8) is 0 Å². The molecule has 0 radical (unpaired) electrons. The van der Waals surface area contributed by atoms with Crippen LogP contribution in [-0.4, -0.2) is 53.7 Å². The zero-order valence-electron chi connectivity index (χ0n) is 13.3. The van der Waals surface area contributed by atoms with Crippen molar-refractivity contribution in [1.29, 1.82) is 0 Å². The van der Waals surface area contributed by atoms with E-state index in [2.05, 4.69) is 15.3 Å². The molecule has 6 nitrogen and oxygen atoms in total. The van der Waals surface area contributed by atoms with Crippen LogP contribution in [0.5, 0.6) is 11.5 Å². The molecule has 0 bridgehead atoms. The van der Waals surface area contributed by atoms with Gasteiger partial charge in [0.15, 0.2) is 11.5 Å². The highest BCUT2D eigenvalue weighted by Crippen LogP contribution is 2.32. The van der Waals surface area contributed by atoms with Gasteiger partial charge in [0.1, 0.15) is 0 Å². The third kappa shape index (κ3) is 3.37. The Morgan fingerprint density at radius 3 is 2.79 bits per heavy atom. The summed E-state index contributed by atoms with van der Waals surface area (Å²) < 4.78 is 10.7. The van der Waals surface area contributed by atoms with Crippen molar-refractivity contribution in [3.05, 3.63) is 40.3 Å². The molecule has 0 aliphatic carbocycles. The van der Waals surface area contributed by atoms with Gasteiger partial charge in [-0.1, -0.05) is 6.07 Å². The minimum absolute atomic E-state index is 0.169. The van der Waals surface area contributed by atoms with Gasteiger partial charge in [-0.25, -0.2) is 4.98 Å². The predicted octanol–water partition coefficient (Wildman–Crippen LogP) is 1.76. The SMILES string of the molecule is O=C(Cc1ccc2c(c1)OCO2)N1CCN(Cc2cscn2)CC1. The van der Waals surface area contributed by atoms with Gasteiger partial charge in [0, 0.05) is 38.1 Å². The van der Waals surface area contributed by atoms with Crippen LogP contribution >= 0.6 is 11.3 Å². The van der Waals surface area contributed by atoms with Gasteiger partial charge in [0.2, 0.25) is 12.7 Å². The highest BCUT2D eigenvalue weighted by atomic mass is 32.1. The molecule has 2 aliphatic rings. The molecule has 0 saturated carbocycles. The maximum absolute atomic E-state index is 12.5. The summed E-state index contributed by atoms with van der Waals surface area (Å²) in [7, 11) is 0. The highest BCUT2D eigenvalue weighted by molar-refractivity contribution is 7.07. The molecule has 1 aromatic heterocycles. The summed E-state index contributed by atoms with van der Waals surface area (Å²) in [5, 5.41) is 2.08. The number of aromatic nitrogens is 1. The van der Waals surface area contributed by atoms with Crippen molar-refractivity contribution in [2.24, 2.45) is 0 Å². The monoisotopic (exact) mass is 345 g/mol. The summed E-state index contributed by atoms with van der Waals surface area (Å²) in [6.07, 6.45) is 0.405. The molecule has 1 fully saturated rings. The van der Waals surface area contributed by atoms with E-state index < -0.39 is 0 Å². The van der Waals surface area contributed by atoms with Crippen LogP contribution in [0.25, 0.3) is 0 Å². The van der Waals surface area contributed by atoms with E-state index in [1.165, 1.54) is 0 Å². The number of benzene rings is 1. The lowest BCUT2D eigenvalue weighted by Gasteiger charge is -2.34. The molecule has 2 aliphatic heterocycles. The molecule has 7 heteroatoms. The number of hydrogen-bond donors (Lipinski definition) is 0. The smallest absolute Gasteiger partial charge is 0.231 e. The minimum atomic E-state index is 0.169. The molecule has 4 rings (SSSR count). The number of piperazine rings is 1. The van der Waals surface area contributed by atoms with Crippen molar-refractivity contribution in [3.8, 4) is 11.5 Å². The fourth-order valence-corrected chi connectivity index (χ4v) is 3.59. The molecule has 126 valence electrons. The molecular formula is C17H19N3O3S. The number of rotatable bonds is 4. The lowest BCUT2D eigenvalue weighted by atomic mass is 10.1. The summed E-state index contributed by atoms with van der Waals surface area (Å²) >= 11 is 1.62. The molecule has 24 heavy (non-hydrogen) atoms. The van der Waals surface area contributed by atoms with Gasteiger partial charge in [-0.05, 0) is 17.7 Å². The molecule has 0 N–H and O–H groups in total. The second-order valence-electron chi connectivity index (χ2n) is 6.00. The first-order valence-electron chi connectivity index (χ1n) is 8.04. The van der Waals surface area contributed by atoms with Crippen molar-refractivity contribution in [2.75, 3.05) is 33.0 Å². The van der Waals surface area contributed by atoms with Crippen LogP contribution in [0.2, 0.25) is 0 Å². The third-order valence-corrected chi connectivity index (χ3v) is 5.02. The zero-order valence-corrected chi connectivity index (χ0v) is 14.1. The summed E-state index contributed by atoms with van der Waals surface area (Å²) in [6, 6.07) is 5.71. The van der Waals surface area contributed by atoms with Gasteiger partial charge in [-0.2, -0.15) is 0 Å². The standard InChI is InChI=1S/C17H19N3O3S/c21-17(8-13-1-2-15-16(7-13)23-12-22-15)20-5-3-19(4-6-20)9-14-10-24-11-18-14/h1-2,7,10-11H,3-6,8-9,12H2. The van der Waals surface area contributed by atoms with E-state index in [0.717, 1.165) is 55.5 Å². The van der Waals surface area contributed by atoms with Crippen LogP contribution in [0.3, 0.4) is 0 Å². The molecular weight excluding hydrogens is 326 g/mol. The fraction of sp³-hybridized carbons (Fsp3) is 0.412. The number of thiazole rings is 1. The van der Waals surface area contributed by atoms with Crippen LogP contribution in [0, 0.1) is 0 Å². The normalized spacial score (nSPS) is 17.2. The maximum Gasteiger partial charge on any atom is 0.231 e. The summed E-state index contributed by atoms with van der Waals surface area (Å²) in [6.45, 7) is 4.46. The lowest BCUT2D eigenvalue weighted by molar-refractivity contribution is -0.132. The Bertz CT molecular complexity index is 712. The van der Waals surface area contributed by atoms with E-state index in [0.29, 0.717) is 6.42 Å². The Morgan fingerprint density at radius 2 is 2.00 bits per heavy atom. The second-order valence-corrected chi connectivity index (χ2v) is 6.72. The molecule has 1 saturated heterocycles. The number of carbonyl (C=O) groups is 1. The minimum Gasteiger partial charge on any atom is -0.454 e. The van der Waals surface area contributed by atoms with E-state index in [4.69, 9.17) is 9.47 Å². The van der Waals surface area contributed by atoms with Crippen LogP contribution in [0.1, 0.15) is 11.3 Å².